The van der Waals surface area contributed by atoms with Crippen LogP contribution in [0.2, 0.25) is 0 Å². The van der Waals surface area contributed by atoms with Crippen molar-refractivity contribution in [2.24, 2.45) is 0 Å². The van der Waals surface area contributed by atoms with Gasteiger partial charge in [0.15, 0.2) is 5.69 Å². The van der Waals surface area contributed by atoms with Gasteiger partial charge < -0.3 is 10.6 Å². The lowest BCUT2D eigenvalue weighted by Crippen LogP contribution is -2.23. The van der Waals surface area contributed by atoms with Gasteiger partial charge in [-0.25, -0.2) is 0 Å². The fourth-order valence-corrected chi connectivity index (χ4v) is 2.24. The Labute approximate surface area is 144 Å². The van der Waals surface area contributed by atoms with Crippen LogP contribution in [0.15, 0.2) is 60.8 Å². The second kappa shape index (κ2) is 7.39. The maximum atomic E-state index is 12.2. The van der Waals surface area contributed by atoms with E-state index in [2.05, 4.69) is 20.8 Å². The predicted molar refractivity (Wildman–Crippen MR) is 92.4 cm³/mol. The van der Waals surface area contributed by atoms with Gasteiger partial charge in [0, 0.05) is 19.2 Å². The van der Waals surface area contributed by atoms with Crippen molar-refractivity contribution in [3.05, 3.63) is 77.6 Å². The Morgan fingerprint density at radius 2 is 1.72 bits per heavy atom. The quantitative estimate of drug-likeness (QED) is 0.740. The van der Waals surface area contributed by atoms with Crippen LogP contribution in [0.5, 0.6) is 0 Å². The van der Waals surface area contributed by atoms with Crippen LogP contribution in [0.1, 0.15) is 26.4 Å². The van der Waals surface area contributed by atoms with Gasteiger partial charge in [0.05, 0.1) is 11.9 Å². The van der Waals surface area contributed by atoms with Crippen molar-refractivity contribution in [1.82, 2.24) is 25.6 Å². The van der Waals surface area contributed by atoms with E-state index in [1.54, 1.807) is 31.3 Å². The molecule has 0 unspecified atom stereocenters. The molecule has 0 saturated heterocycles. The number of hydrogen-bond donors (Lipinski definition) is 2. The number of carbonyl (C=O) groups is 2. The molecule has 0 atom stereocenters. The monoisotopic (exact) mass is 335 g/mol. The molecule has 2 N–H and O–H groups in total. The van der Waals surface area contributed by atoms with E-state index in [4.69, 9.17) is 0 Å². The van der Waals surface area contributed by atoms with E-state index in [9.17, 15) is 9.59 Å². The maximum absolute atomic E-state index is 12.2. The summed E-state index contributed by atoms with van der Waals surface area (Å²) in [5, 5.41) is 13.6. The molecule has 0 bridgehead atoms. The molecule has 0 saturated carbocycles. The number of benzene rings is 2. The lowest BCUT2D eigenvalue weighted by atomic mass is 10.1. The minimum atomic E-state index is -0.308. The first kappa shape index (κ1) is 16.4. The zero-order valence-corrected chi connectivity index (χ0v) is 13.6. The molecular formula is C18H17N5O2. The van der Waals surface area contributed by atoms with Gasteiger partial charge in [0.2, 0.25) is 0 Å². The summed E-state index contributed by atoms with van der Waals surface area (Å²) in [7, 11) is 1.58. The van der Waals surface area contributed by atoms with Crippen LogP contribution in [0.3, 0.4) is 0 Å². The largest absolute Gasteiger partial charge is 0.355 e. The van der Waals surface area contributed by atoms with E-state index in [-0.39, 0.29) is 17.5 Å². The highest BCUT2D eigenvalue weighted by Crippen LogP contribution is 2.06. The standard InChI is InChI=1S/C18H17N5O2/c1-19-17(24)14-9-7-13(8-10-14)11-20-18(25)16-12-21-23(22-16)15-5-3-2-4-6-15/h2-10,12H,11H2,1H3,(H,19,24)(H,20,25). The molecule has 7 nitrogen and oxygen atoms in total. The van der Waals surface area contributed by atoms with E-state index < -0.39 is 0 Å². The summed E-state index contributed by atoms with van der Waals surface area (Å²) in [5.74, 6) is -0.453. The SMILES string of the molecule is CNC(=O)c1ccc(CNC(=O)c2cnn(-c3ccccc3)n2)cc1. The summed E-state index contributed by atoms with van der Waals surface area (Å²) in [5.41, 5.74) is 2.48. The van der Waals surface area contributed by atoms with Gasteiger partial charge in [0.25, 0.3) is 11.8 Å². The number of nitrogens with one attached hydrogen (secondary N) is 2. The minimum Gasteiger partial charge on any atom is -0.355 e. The first-order valence-corrected chi connectivity index (χ1v) is 7.74. The fraction of sp³-hybridized carbons (Fsp3) is 0.111. The molecule has 0 aliphatic rings. The lowest BCUT2D eigenvalue weighted by Gasteiger charge is -2.05. The molecule has 0 aliphatic heterocycles. The van der Waals surface area contributed by atoms with Crippen molar-refractivity contribution in [3.63, 3.8) is 0 Å². The summed E-state index contributed by atoms with van der Waals surface area (Å²) >= 11 is 0. The average Bonchev–Trinajstić information content (AvgIpc) is 3.17. The van der Waals surface area contributed by atoms with Gasteiger partial charge >= 0.3 is 0 Å². The van der Waals surface area contributed by atoms with Crippen LogP contribution in [0.25, 0.3) is 5.69 Å². The number of rotatable bonds is 5. The molecule has 2 amide bonds. The van der Waals surface area contributed by atoms with Crippen LogP contribution in [-0.4, -0.2) is 33.9 Å². The van der Waals surface area contributed by atoms with Crippen molar-refractivity contribution < 1.29 is 9.59 Å². The normalized spacial score (nSPS) is 10.3. The molecule has 0 radical (unpaired) electrons. The summed E-state index contributed by atoms with van der Waals surface area (Å²) in [6, 6.07) is 16.4. The van der Waals surface area contributed by atoms with Gasteiger partial charge in [-0.3, -0.25) is 9.59 Å². The average molecular weight is 335 g/mol. The van der Waals surface area contributed by atoms with Crippen LogP contribution < -0.4 is 10.6 Å². The van der Waals surface area contributed by atoms with Crippen molar-refractivity contribution in [3.8, 4) is 5.69 Å². The lowest BCUT2D eigenvalue weighted by molar-refractivity contribution is 0.0941. The Hall–Kier alpha value is -3.48. The van der Waals surface area contributed by atoms with Gasteiger partial charge in [-0.05, 0) is 29.8 Å². The van der Waals surface area contributed by atoms with E-state index in [0.717, 1.165) is 11.3 Å². The van der Waals surface area contributed by atoms with Crippen molar-refractivity contribution >= 4 is 11.8 Å². The molecule has 3 aromatic rings. The highest BCUT2D eigenvalue weighted by atomic mass is 16.2. The molecule has 7 heteroatoms. The molecule has 2 aromatic carbocycles. The minimum absolute atomic E-state index is 0.145. The van der Waals surface area contributed by atoms with Gasteiger partial charge in [-0.15, -0.1) is 5.10 Å². The van der Waals surface area contributed by atoms with Crippen LogP contribution in [-0.2, 0) is 6.54 Å². The van der Waals surface area contributed by atoms with Crippen molar-refractivity contribution in [2.75, 3.05) is 7.05 Å². The fourth-order valence-electron chi connectivity index (χ4n) is 2.24. The molecule has 3 rings (SSSR count). The van der Waals surface area contributed by atoms with Crippen LogP contribution in [0.4, 0.5) is 0 Å². The van der Waals surface area contributed by atoms with E-state index in [1.807, 2.05) is 30.3 Å². The number of para-hydroxylation sites is 1. The number of hydrogen-bond acceptors (Lipinski definition) is 4. The molecule has 0 spiro atoms. The first-order chi connectivity index (χ1) is 12.2. The molecule has 0 aliphatic carbocycles. The third-order valence-corrected chi connectivity index (χ3v) is 3.61. The summed E-state index contributed by atoms with van der Waals surface area (Å²) in [4.78, 5) is 25.1. The molecule has 1 aromatic heterocycles. The summed E-state index contributed by atoms with van der Waals surface area (Å²) in [6.45, 7) is 0.338. The number of amides is 2. The Morgan fingerprint density at radius 1 is 1.00 bits per heavy atom. The van der Waals surface area contributed by atoms with E-state index in [0.29, 0.717) is 12.1 Å². The van der Waals surface area contributed by atoms with Crippen molar-refractivity contribution in [1.29, 1.82) is 0 Å². The van der Waals surface area contributed by atoms with Gasteiger partial charge in [-0.1, -0.05) is 30.3 Å². The topological polar surface area (TPSA) is 88.9 Å². The van der Waals surface area contributed by atoms with Crippen LogP contribution in [0, 0.1) is 0 Å². The van der Waals surface area contributed by atoms with Gasteiger partial charge in [-0.2, -0.15) is 9.90 Å². The smallest absolute Gasteiger partial charge is 0.273 e. The number of nitrogens with zero attached hydrogens (tertiary/aromatic N) is 3. The zero-order chi connectivity index (χ0) is 17.6. The zero-order valence-electron chi connectivity index (χ0n) is 13.6. The molecular weight excluding hydrogens is 318 g/mol. The second-order valence-corrected chi connectivity index (χ2v) is 5.31. The highest BCUT2D eigenvalue weighted by Gasteiger charge is 2.11. The summed E-state index contributed by atoms with van der Waals surface area (Å²) in [6.07, 6.45) is 1.43. The van der Waals surface area contributed by atoms with Crippen molar-refractivity contribution in [2.45, 2.75) is 6.54 Å². The molecule has 126 valence electrons. The summed E-state index contributed by atoms with van der Waals surface area (Å²) < 4.78 is 0. The molecule has 1 heterocycles. The Balaban J connectivity index is 1.61. The van der Waals surface area contributed by atoms with E-state index in [1.165, 1.54) is 11.0 Å². The third-order valence-electron chi connectivity index (χ3n) is 3.61. The van der Waals surface area contributed by atoms with Gasteiger partial charge in [0.1, 0.15) is 0 Å². The number of carbonyl (C=O) groups excluding carboxylic acids is 2. The maximum Gasteiger partial charge on any atom is 0.273 e. The highest BCUT2D eigenvalue weighted by molar-refractivity contribution is 5.94. The Bertz CT molecular complexity index is 872. The Kier molecular flexibility index (Phi) is 4.84. The third kappa shape index (κ3) is 3.89. The second-order valence-electron chi connectivity index (χ2n) is 5.31. The Morgan fingerprint density at radius 3 is 2.40 bits per heavy atom. The molecule has 0 fully saturated rings. The van der Waals surface area contributed by atoms with E-state index >= 15 is 0 Å². The van der Waals surface area contributed by atoms with Crippen LogP contribution >= 0.6 is 0 Å². The molecule has 25 heavy (non-hydrogen) atoms. The number of aromatic nitrogens is 3. The predicted octanol–water partition coefficient (Wildman–Crippen LogP) is 1.56. The first-order valence-electron chi connectivity index (χ1n) is 7.74.